The lowest BCUT2D eigenvalue weighted by Gasteiger charge is -2.08. The number of halogens is 3. The van der Waals surface area contributed by atoms with E-state index in [0.717, 1.165) is 6.42 Å². The first-order chi connectivity index (χ1) is 8.13. The van der Waals surface area contributed by atoms with Gasteiger partial charge in [-0.2, -0.15) is 0 Å². The summed E-state index contributed by atoms with van der Waals surface area (Å²) in [5, 5.41) is 8.17. The number of hydrogen-bond donors (Lipinski definition) is 0. The summed E-state index contributed by atoms with van der Waals surface area (Å²) < 4.78 is 15.3. The number of rotatable bonds is 3. The van der Waals surface area contributed by atoms with Crippen molar-refractivity contribution in [2.24, 2.45) is 0 Å². The Hall–Kier alpha value is -1.13. The number of benzene rings is 1. The molecular formula is C11H10Cl2FN3. The highest BCUT2D eigenvalue weighted by atomic mass is 35.5. The van der Waals surface area contributed by atoms with Crippen molar-refractivity contribution in [1.29, 1.82) is 0 Å². The maximum atomic E-state index is 13.8. The summed E-state index contributed by atoms with van der Waals surface area (Å²) in [6.45, 7) is 2.01. The third kappa shape index (κ3) is 2.42. The molecule has 1 heterocycles. The Bertz CT molecular complexity index is 540. The Balaban J connectivity index is 2.55. The molecule has 0 saturated heterocycles. The molecule has 0 aliphatic rings. The van der Waals surface area contributed by atoms with E-state index in [-0.39, 0.29) is 5.28 Å². The quantitative estimate of drug-likeness (QED) is 0.855. The van der Waals surface area contributed by atoms with Crippen molar-refractivity contribution >= 4 is 23.2 Å². The molecular weight excluding hydrogens is 264 g/mol. The summed E-state index contributed by atoms with van der Waals surface area (Å²) in [5.74, 6) is 0.190. The largest absolute Gasteiger partial charge is 0.267 e. The minimum absolute atomic E-state index is 0.148. The molecule has 6 heteroatoms. The van der Waals surface area contributed by atoms with Gasteiger partial charge in [0.2, 0.25) is 5.28 Å². The fraction of sp³-hybridized carbons (Fsp3) is 0.273. The van der Waals surface area contributed by atoms with Gasteiger partial charge in [0.05, 0.1) is 5.69 Å². The highest BCUT2D eigenvalue weighted by Crippen LogP contribution is 2.23. The lowest BCUT2D eigenvalue weighted by Crippen LogP contribution is -2.03. The molecule has 0 amide bonds. The second-order valence-electron chi connectivity index (χ2n) is 3.57. The summed E-state index contributed by atoms with van der Waals surface area (Å²) in [6, 6.07) is 4.40. The van der Waals surface area contributed by atoms with E-state index in [1.807, 2.05) is 6.92 Å². The predicted octanol–water partition coefficient (Wildman–Crippen LogP) is 3.67. The predicted molar refractivity (Wildman–Crippen MR) is 65.3 cm³/mol. The van der Waals surface area contributed by atoms with Gasteiger partial charge in [-0.3, -0.25) is 4.57 Å². The summed E-state index contributed by atoms with van der Waals surface area (Å²) in [4.78, 5) is 0. The van der Waals surface area contributed by atoms with Gasteiger partial charge in [0.1, 0.15) is 11.6 Å². The Morgan fingerprint density at radius 2 is 2.06 bits per heavy atom. The topological polar surface area (TPSA) is 30.7 Å². The van der Waals surface area contributed by atoms with Crippen LogP contribution in [0.2, 0.25) is 10.3 Å². The van der Waals surface area contributed by atoms with E-state index < -0.39 is 5.82 Å². The SMILES string of the molecule is CCCc1nnc(Cl)n1-c1ccc(Cl)cc1F. The Morgan fingerprint density at radius 3 is 2.71 bits per heavy atom. The van der Waals surface area contributed by atoms with Gasteiger partial charge in [0, 0.05) is 11.4 Å². The van der Waals surface area contributed by atoms with Crippen LogP contribution in [0.25, 0.3) is 5.69 Å². The van der Waals surface area contributed by atoms with Crippen molar-refractivity contribution in [1.82, 2.24) is 14.8 Å². The second-order valence-corrected chi connectivity index (χ2v) is 4.34. The molecule has 17 heavy (non-hydrogen) atoms. The Labute approximate surface area is 108 Å². The Kier molecular flexibility index (Phi) is 3.64. The molecule has 0 saturated carbocycles. The molecule has 2 rings (SSSR count). The number of aromatic nitrogens is 3. The second kappa shape index (κ2) is 5.02. The molecule has 0 unspecified atom stereocenters. The lowest BCUT2D eigenvalue weighted by atomic mass is 10.2. The molecule has 2 aromatic rings. The van der Waals surface area contributed by atoms with Gasteiger partial charge < -0.3 is 0 Å². The molecule has 0 spiro atoms. The van der Waals surface area contributed by atoms with Crippen molar-refractivity contribution in [2.45, 2.75) is 19.8 Å². The highest BCUT2D eigenvalue weighted by molar-refractivity contribution is 6.30. The number of aryl methyl sites for hydroxylation is 1. The molecule has 0 fully saturated rings. The van der Waals surface area contributed by atoms with Crippen LogP contribution in [0.1, 0.15) is 19.2 Å². The van der Waals surface area contributed by atoms with E-state index in [0.29, 0.717) is 23.0 Å². The van der Waals surface area contributed by atoms with Gasteiger partial charge in [-0.1, -0.05) is 18.5 Å². The van der Waals surface area contributed by atoms with Gasteiger partial charge in [-0.15, -0.1) is 10.2 Å². The zero-order valence-electron chi connectivity index (χ0n) is 9.12. The van der Waals surface area contributed by atoms with Crippen molar-refractivity contribution in [3.05, 3.63) is 40.1 Å². The first kappa shape index (κ1) is 12.3. The van der Waals surface area contributed by atoms with E-state index in [1.54, 1.807) is 12.1 Å². The summed E-state index contributed by atoms with van der Waals surface area (Å²) in [6.07, 6.45) is 1.56. The molecule has 90 valence electrons. The fourth-order valence-corrected chi connectivity index (χ4v) is 1.97. The molecule has 1 aromatic heterocycles. The van der Waals surface area contributed by atoms with Gasteiger partial charge in [-0.05, 0) is 36.2 Å². The van der Waals surface area contributed by atoms with Crippen LogP contribution in [0.3, 0.4) is 0 Å². The van der Waals surface area contributed by atoms with Crippen LogP contribution < -0.4 is 0 Å². The third-order valence-corrected chi connectivity index (χ3v) is 2.79. The molecule has 0 aliphatic carbocycles. The average Bonchev–Trinajstić information content (AvgIpc) is 2.62. The minimum Gasteiger partial charge on any atom is -0.267 e. The monoisotopic (exact) mass is 273 g/mol. The van der Waals surface area contributed by atoms with Crippen molar-refractivity contribution in [2.75, 3.05) is 0 Å². The van der Waals surface area contributed by atoms with Crippen molar-refractivity contribution < 1.29 is 4.39 Å². The van der Waals surface area contributed by atoms with Crippen LogP contribution in [0.15, 0.2) is 18.2 Å². The van der Waals surface area contributed by atoms with Gasteiger partial charge in [-0.25, -0.2) is 4.39 Å². The van der Waals surface area contributed by atoms with E-state index in [4.69, 9.17) is 23.2 Å². The normalized spacial score (nSPS) is 10.8. The summed E-state index contributed by atoms with van der Waals surface area (Å²) >= 11 is 11.6. The first-order valence-electron chi connectivity index (χ1n) is 5.18. The van der Waals surface area contributed by atoms with Gasteiger partial charge in [0.15, 0.2) is 0 Å². The van der Waals surface area contributed by atoms with Crippen LogP contribution in [0.4, 0.5) is 4.39 Å². The molecule has 0 radical (unpaired) electrons. The van der Waals surface area contributed by atoms with E-state index in [9.17, 15) is 4.39 Å². The van der Waals surface area contributed by atoms with E-state index in [1.165, 1.54) is 10.6 Å². The van der Waals surface area contributed by atoms with Crippen LogP contribution >= 0.6 is 23.2 Å². The standard InChI is InChI=1S/C11H10Cl2FN3/c1-2-3-10-15-16-11(13)17(10)9-5-4-7(12)6-8(9)14/h4-6H,2-3H2,1H3. The van der Waals surface area contributed by atoms with Crippen molar-refractivity contribution in [3.63, 3.8) is 0 Å². The molecule has 3 nitrogen and oxygen atoms in total. The summed E-state index contributed by atoms with van der Waals surface area (Å²) in [7, 11) is 0. The lowest BCUT2D eigenvalue weighted by molar-refractivity contribution is 0.614. The van der Waals surface area contributed by atoms with Crippen LogP contribution in [0, 0.1) is 5.82 Å². The van der Waals surface area contributed by atoms with Crippen molar-refractivity contribution in [3.8, 4) is 5.69 Å². The molecule has 1 aromatic carbocycles. The molecule has 0 atom stereocenters. The number of nitrogens with zero attached hydrogens (tertiary/aromatic N) is 3. The minimum atomic E-state index is -0.448. The zero-order chi connectivity index (χ0) is 12.4. The number of hydrogen-bond acceptors (Lipinski definition) is 2. The van der Waals surface area contributed by atoms with E-state index >= 15 is 0 Å². The average molecular weight is 274 g/mol. The van der Waals surface area contributed by atoms with Gasteiger partial charge in [0.25, 0.3) is 0 Å². The smallest absolute Gasteiger partial charge is 0.229 e. The molecule has 0 aliphatic heterocycles. The highest BCUT2D eigenvalue weighted by Gasteiger charge is 2.14. The van der Waals surface area contributed by atoms with Crippen LogP contribution in [-0.4, -0.2) is 14.8 Å². The Morgan fingerprint density at radius 1 is 1.29 bits per heavy atom. The fourth-order valence-electron chi connectivity index (χ4n) is 1.58. The van der Waals surface area contributed by atoms with Crippen LogP contribution in [0.5, 0.6) is 0 Å². The van der Waals surface area contributed by atoms with Crippen LogP contribution in [-0.2, 0) is 6.42 Å². The van der Waals surface area contributed by atoms with Gasteiger partial charge >= 0.3 is 0 Å². The summed E-state index contributed by atoms with van der Waals surface area (Å²) in [5.41, 5.74) is 0.313. The van der Waals surface area contributed by atoms with E-state index in [2.05, 4.69) is 10.2 Å². The maximum Gasteiger partial charge on any atom is 0.229 e. The zero-order valence-corrected chi connectivity index (χ0v) is 10.6. The third-order valence-electron chi connectivity index (χ3n) is 2.31. The maximum absolute atomic E-state index is 13.8. The molecule has 0 N–H and O–H groups in total. The molecule has 0 bridgehead atoms. The first-order valence-corrected chi connectivity index (χ1v) is 5.94.